The van der Waals surface area contributed by atoms with Crippen molar-refractivity contribution in [1.29, 1.82) is 0 Å². The number of hydrogen-bond donors (Lipinski definition) is 1. The first-order valence-electron chi connectivity index (χ1n) is 4.58. The average molecular weight is 199 g/mol. The van der Waals surface area contributed by atoms with E-state index in [9.17, 15) is 0 Å². The van der Waals surface area contributed by atoms with Gasteiger partial charge in [0.25, 0.3) is 0 Å². The monoisotopic (exact) mass is 199 g/mol. The average Bonchev–Trinajstić information content (AvgIpc) is 2.65. The molecule has 74 valence electrons. The highest BCUT2D eigenvalue weighted by Crippen LogP contribution is 2.22. The summed E-state index contributed by atoms with van der Waals surface area (Å²) in [7, 11) is 3.76. The molecule has 0 spiro atoms. The highest BCUT2D eigenvalue weighted by molar-refractivity contribution is 7.10. The van der Waals surface area contributed by atoms with E-state index >= 15 is 0 Å². The zero-order valence-corrected chi connectivity index (χ0v) is 9.06. The minimum Gasteiger partial charge on any atom is -0.385 e. The number of thiophene rings is 1. The Morgan fingerprint density at radius 1 is 1.62 bits per heavy atom. The van der Waals surface area contributed by atoms with Crippen LogP contribution >= 0.6 is 11.3 Å². The molecular formula is C10H17NOS. The van der Waals surface area contributed by atoms with Crippen molar-refractivity contribution in [3.8, 4) is 0 Å². The summed E-state index contributed by atoms with van der Waals surface area (Å²) < 4.78 is 5.03. The second kappa shape index (κ2) is 6.13. The van der Waals surface area contributed by atoms with E-state index in [2.05, 4.69) is 22.8 Å². The number of ether oxygens (including phenoxy) is 1. The van der Waals surface area contributed by atoms with Gasteiger partial charge in [0, 0.05) is 24.6 Å². The van der Waals surface area contributed by atoms with Crippen LogP contribution in [0.2, 0.25) is 0 Å². The van der Waals surface area contributed by atoms with E-state index < -0.39 is 0 Å². The largest absolute Gasteiger partial charge is 0.385 e. The molecule has 0 saturated carbocycles. The van der Waals surface area contributed by atoms with Gasteiger partial charge in [-0.05, 0) is 31.3 Å². The van der Waals surface area contributed by atoms with Crippen LogP contribution in [0.3, 0.4) is 0 Å². The molecule has 0 aliphatic heterocycles. The summed E-state index contributed by atoms with van der Waals surface area (Å²) in [5.41, 5.74) is 0. The maximum atomic E-state index is 5.03. The van der Waals surface area contributed by atoms with E-state index in [-0.39, 0.29) is 0 Å². The van der Waals surface area contributed by atoms with Gasteiger partial charge in [-0.25, -0.2) is 0 Å². The van der Waals surface area contributed by atoms with Gasteiger partial charge in [-0.1, -0.05) is 6.07 Å². The summed E-state index contributed by atoms with van der Waals surface area (Å²) >= 11 is 1.81. The van der Waals surface area contributed by atoms with E-state index in [1.54, 1.807) is 7.11 Å². The Kier molecular flexibility index (Phi) is 5.05. The first-order valence-corrected chi connectivity index (χ1v) is 5.46. The van der Waals surface area contributed by atoms with Gasteiger partial charge < -0.3 is 10.1 Å². The Bertz CT molecular complexity index is 211. The van der Waals surface area contributed by atoms with Crippen molar-refractivity contribution in [2.24, 2.45) is 0 Å². The zero-order chi connectivity index (χ0) is 9.52. The van der Waals surface area contributed by atoms with E-state index in [1.165, 1.54) is 4.88 Å². The van der Waals surface area contributed by atoms with Crippen molar-refractivity contribution in [3.63, 3.8) is 0 Å². The quantitative estimate of drug-likeness (QED) is 0.710. The topological polar surface area (TPSA) is 21.3 Å². The summed E-state index contributed by atoms with van der Waals surface area (Å²) in [4.78, 5) is 1.42. The Balaban J connectivity index is 2.35. The van der Waals surface area contributed by atoms with Crippen LogP contribution in [0.25, 0.3) is 0 Å². The third kappa shape index (κ3) is 3.46. The lowest BCUT2D eigenvalue weighted by molar-refractivity contribution is 0.189. The van der Waals surface area contributed by atoms with E-state index in [1.807, 2.05) is 18.4 Å². The van der Waals surface area contributed by atoms with Crippen molar-refractivity contribution >= 4 is 11.3 Å². The van der Waals surface area contributed by atoms with Crippen LogP contribution in [0.4, 0.5) is 0 Å². The molecule has 0 radical (unpaired) electrons. The molecule has 1 aromatic rings. The fraction of sp³-hybridized carbons (Fsp3) is 0.600. The SMILES string of the molecule is CNC(CCCOC)c1cccs1. The van der Waals surface area contributed by atoms with Crippen LogP contribution < -0.4 is 5.32 Å². The summed E-state index contributed by atoms with van der Waals surface area (Å²) in [6, 6.07) is 4.77. The molecule has 3 heteroatoms. The molecule has 0 fully saturated rings. The first kappa shape index (κ1) is 10.7. The van der Waals surface area contributed by atoms with Gasteiger partial charge in [0.2, 0.25) is 0 Å². The van der Waals surface area contributed by atoms with Crippen molar-refractivity contribution in [2.75, 3.05) is 20.8 Å². The Morgan fingerprint density at radius 3 is 3.00 bits per heavy atom. The number of rotatable bonds is 6. The Hall–Kier alpha value is -0.380. The minimum absolute atomic E-state index is 0.496. The molecule has 0 amide bonds. The molecule has 1 N–H and O–H groups in total. The van der Waals surface area contributed by atoms with Gasteiger partial charge in [0.1, 0.15) is 0 Å². The third-order valence-electron chi connectivity index (χ3n) is 2.08. The lowest BCUT2D eigenvalue weighted by atomic mass is 10.1. The van der Waals surface area contributed by atoms with Crippen LogP contribution in [0.15, 0.2) is 17.5 Å². The lowest BCUT2D eigenvalue weighted by Gasteiger charge is -2.13. The van der Waals surface area contributed by atoms with Gasteiger partial charge in [-0.15, -0.1) is 11.3 Å². The molecular weight excluding hydrogens is 182 g/mol. The molecule has 13 heavy (non-hydrogen) atoms. The molecule has 0 bridgehead atoms. The van der Waals surface area contributed by atoms with Gasteiger partial charge in [0.15, 0.2) is 0 Å². The first-order chi connectivity index (χ1) is 6.38. The fourth-order valence-corrected chi connectivity index (χ4v) is 2.22. The highest BCUT2D eigenvalue weighted by Gasteiger charge is 2.08. The number of hydrogen-bond acceptors (Lipinski definition) is 3. The minimum atomic E-state index is 0.496. The van der Waals surface area contributed by atoms with Gasteiger partial charge >= 0.3 is 0 Å². The van der Waals surface area contributed by atoms with Crippen molar-refractivity contribution in [3.05, 3.63) is 22.4 Å². The zero-order valence-electron chi connectivity index (χ0n) is 8.25. The lowest BCUT2D eigenvalue weighted by Crippen LogP contribution is -2.15. The molecule has 0 aliphatic rings. The molecule has 1 heterocycles. The molecule has 2 nitrogen and oxygen atoms in total. The maximum absolute atomic E-state index is 5.03. The highest BCUT2D eigenvalue weighted by atomic mass is 32.1. The van der Waals surface area contributed by atoms with E-state index in [0.717, 1.165) is 19.4 Å². The predicted molar refractivity (Wildman–Crippen MR) is 57.2 cm³/mol. The summed E-state index contributed by atoms with van der Waals surface area (Å²) in [5.74, 6) is 0. The fourth-order valence-electron chi connectivity index (χ4n) is 1.35. The second-order valence-corrected chi connectivity index (χ2v) is 3.97. The van der Waals surface area contributed by atoms with Crippen LogP contribution in [-0.2, 0) is 4.74 Å². The van der Waals surface area contributed by atoms with Crippen LogP contribution in [0, 0.1) is 0 Å². The molecule has 0 saturated heterocycles. The van der Waals surface area contributed by atoms with Gasteiger partial charge in [-0.2, -0.15) is 0 Å². The van der Waals surface area contributed by atoms with Crippen molar-refractivity contribution in [1.82, 2.24) is 5.32 Å². The normalized spacial score (nSPS) is 13.1. The summed E-state index contributed by atoms with van der Waals surface area (Å²) in [6.45, 7) is 0.851. The van der Waals surface area contributed by atoms with Gasteiger partial charge in [0.05, 0.1) is 0 Å². The summed E-state index contributed by atoms with van der Waals surface area (Å²) in [5, 5.41) is 5.44. The molecule has 0 aliphatic carbocycles. The van der Waals surface area contributed by atoms with E-state index in [4.69, 9.17) is 4.74 Å². The van der Waals surface area contributed by atoms with Crippen LogP contribution in [0.1, 0.15) is 23.8 Å². The Morgan fingerprint density at radius 2 is 2.46 bits per heavy atom. The van der Waals surface area contributed by atoms with Crippen molar-refractivity contribution in [2.45, 2.75) is 18.9 Å². The van der Waals surface area contributed by atoms with Crippen LogP contribution in [-0.4, -0.2) is 20.8 Å². The van der Waals surface area contributed by atoms with Crippen molar-refractivity contribution < 1.29 is 4.74 Å². The standard InChI is InChI=1S/C10H17NOS/c1-11-9(5-3-7-12-2)10-6-4-8-13-10/h4,6,8-9,11H,3,5,7H2,1-2H3. The molecule has 1 atom stereocenters. The Labute approximate surface area is 83.9 Å². The molecule has 1 unspecified atom stereocenters. The smallest absolute Gasteiger partial charge is 0.0462 e. The maximum Gasteiger partial charge on any atom is 0.0462 e. The van der Waals surface area contributed by atoms with Crippen LogP contribution in [0.5, 0.6) is 0 Å². The number of methoxy groups -OCH3 is 1. The third-order valence-corrected chi connectivity index (χ3v) is 3.06. The second-order valence-electron chi connectivity index (χ2n) is 2.99. The molecule has 1 rings (SSSR count). The summed E-state index contributed by atoms with van der Waals surface area (Å²) in [6.07, 6.45) is 2.25. The van der Waals surface area contributed by atoms with Gasteiger partial charge in [-0.3, -0.25) is 0 Å². The molecule has 0 aromatic carbocycles. The predicted octanol–water partition coefficient (Wildman–Crippen LogP) is 2.44. The molecule has 1 aromatic heterocycles. The van der Waals surface area contributed by atoms with E-state index in [0.29, 0.717) is 6.04 Å². The number of nitrogens with one attached hydrogen (secondary N) is 1.